The van der Waals surface area contributed by atoms with Gasteiger partial charge in [0.2, 0.25) is 6.29 Å². The molecule has 0 aromatic heterocycles. The molecule has 96 heavy (non-hydrogen) atoms. The van der Waals surface area contributed by atoms with Gasteiger partial charge in [0.15, 0.2) is 31.5 Å². The van der Waals surface area contributed by atoms with Gasteiger partial charge in [0.05, 0.1) is 56.3 Å². The molecule has 6 saturated heterocycles. The van der Waals surface area contributed by atoms with Crippen molar-refractivity contribution in [2.45, 2.75) is 310 Å². The second kappa shape index (κ2) is 27.9. The lowest BCUT2D eigenvalue weighted by Crippen LogP contribution is -2.67. The summed E-state index contributed by atoms with van der Waals surface area (Å²) in [6, 6.07) is 0. The van der Waals surface area contributed by atoms with Crippen LogP contribution in [0.15, 0.2) is 11.6 Å². The van der Waals surface area contributed by atoms with Crippen molar-refractivity contribution in [1.82, 2.24) is 0 Å². The van der Waals surface area contributed by atoms with Crippen molar-refractivity contribution in [3.05, 3.63) is 11.6 Å². The Hall–Kier alpha value is -1.95. The van der Waals surface area contributed by atoms with Gasteiger partial charge in [0.1, 0.15) is 128 Å². The Labute approximate surface area is 556 Å². The minimum Gasteiger partial charge on any atom is -0.432 e. The smallest absolute Gasteiger partial charge is 0.315 e. The second-order valence-electron chi connectivity index (χ2n) is 31.4. The summed E-state index contributed by atoms with van der Waals surface area (Å²) < 4.78 is 71.8. The first-order chi connectivity index (χ1) is 44.9. The monoisotopic (exact) mass is 1380 g/mol. The molecule has 6 heterocycles. The zero-order valence-corrected chi connectivity index (χ0v) is 55.8. The molecule has 0 bridgehead atoms. The molecule has 0 radical (unpaired) electrons. The summed E-state index contributed by atoms with van der Waals surface area (Å²) in [6.45, 7) is 15.3. The summed E-state index contributed by atoms with van der Waals surface area (Å²) in [7, 11) is 0. The molecule has 6 aliphatic heterocycles. The Balaban J connectivity index is 0.788. The molecule has 5 aliphatic carbocycles. The molecule has 4 saturated carbocycles. The van der Waals surface area contributed by atoms with Crippen molar-refractivity contribution >= 4 is 5.97 Å². The van der Waals surface area contributed by atoms with Crippen LogP contribution in [0.1, 0.15) is 120 Å². The van der Waals surface area contributed by atoms with Crippen LogP contribution in [0.4, 0.5) is 0 Å². The normalized spacial score (nSPS) is 54.9. The molecule has 10 fully saturated rings. The topological polar surface area (TPSA) is 492 Å². The van der Waals surface area contributed by atoms with Crippen LogP contribution >= 0.6 is 0 Å². The molecule has 552 valence electrons. The molecule has 18 N–H and O–H groups in total. The van der Waals surface area contributed by atoms with E-state index in [0.717, 1.165) is 18.4 Å². The van der Waals surface area contributed by atoms with Gasteiger partial charge in [-0.3, -0.25) is 4.79 Å². The number of carbonyl (C=O) groups excluding carboxylic acids is 1. The molecule has 0 spiro atoms. The van der Waals surface area contributed by atoms with Crippen LogP contribution in [-0.4, -0.2) is 315 Å². The number of carbonyl (C=O) groups is 1. The van der Waals surface area contributed by atoms with Crippen molar-refractivity contribution in [1.29, 1.82) is 0 Å². The number of hydrogen-bond donors (Lipinski definition) is 18. The van der Waals surface area contributed by atoms with E-state index >= 15 is 4.79 Å². The van der Waals surface area contributed by atoms with E-state index in [0.29, 0.717) is 32.1 Å². The number of ether oxygens (including phenoxy) is 12. The first kappa shape index (κ1) is 75.2. The highest BCUT2D eigenvalue weighted by Gasteiger charge is 2.72. The SMILES string of the molecule is C[C@@H]1O[C@@H](O[C@H]2[C@H](O[C@H]3CC[C@]4(C)[C@H]5CC=C6[C@@H]7[C@H](O)C(C)(C)CC[C@]7(C(=O)O[C@@H]7O[C@H](CO[C@@H]8O[C@H](CO)[C@@H](O[C@@H]9O[C@@H](C)[C@H](O)[C@@H](O)[C@H]9O)[C@H](O)[C@H]8O)[C@@H](O)[C@H](O)[C@H]7O)CC[C@@]6(C)[C@]5(C)CC[C@H]4C3(C)C)OC[C@H](O[C@@H]3O[C@H](CO)[C@@H](O)[C@H](O)[C@H]3O)[C@@H]2O)[C@H](O)[C@H](O)[C@H]1O. The van der Waals surface area contributed by atoms with Gasteiger partial charge in [-0.25, -0.2) is 0 Å². The van der Waals surface area contributed by atoms with E-state index in [1.807, 2.05) is 13.8 Å². The average Bonchev–Trinajstić information content (AvgIpc) is 0.673. The Morgan fingerprint density at radius 1 is 0.490 bits per heavy atom. The Morgan fingerprint density at radius 3 is 1.61 bits per heavy atom. The largest absolute Gasteiger partial charge is 0.432 e. The van der Waals surface area contributed by atoms with E-state index in [9.17, 15) is 91.9 Å². The van der Waals surface area contributed by atoms with Crippen molar-refractivity contribution in [2.24, 2.45) is 50.2 Å². The van der Waals surface area contributed by atoms with Crippen LogP contribution in [0.25, 0.3) is 0 Å². The summed E-state index contributed by atoms with van der Waals surface area (Å²) >= 11 is 0. The first-order valence-corrected chi connectivity index (χ1v) is 34.1. The fourth-order valence-corrected chi connectivity index (χ4v) is 18.9. The van der Waals surface area contributed by atoms with Crippen molar-refractivity contribution in [3.8, 4) is 0 Å². The molecular weight excluding hydrogens is 1280 g/mol. The molecular formula is C65H106O31. The number of allylic oxidation sites excluding steroid dienone is 1. The predicted molar refractivity (Wildman–Crippen MR) is 321 cm³/mol. The van der Waals surface area contributed by atoms with Crippen molar-refractivity contribution in [3.63, 3.8) is 0 Å². The number of rotatable bonds is 15. The third-order valence-corrected chi connectivity index (χ3v) is 25.4. The van der Waals surface area contributed by atoms with Crippen LogP contribution in [0.2, 0.25) is 0 Å². The van der Waals surface area contributed by atoms with Gasteiger partial charge in [0.25, 0.3) is 0 Å². The first-order valence-electron chi connectivity index (χ1n) is 34.1. The third-order valence-electron chi connectivity index (χ3n) is 25.4. The molecule has 0 unspecified atom stereocenters. The van der Waals surface area contributed by atoms with Gasteiger partial charge in [-0.1, -0.05) is 60.1 Å². The van der Waals surface area contributed by atoms with Gasteiger partial charge < -0.3 is 149 Å². The maximum absolute atomic E-state index is 15.4. The summed E-state index contributed by atoms with van der Waals surface area (Å²) in [5.74, 6) is -1.48. The molecule has 31 heteroatoms. The van der Waals surface area contributed by atoms with E-state index < -0.39 is 249 Å². The summed E-state index contributed by atoms with van der Waals surface area (Å²) in [5.41, 5.74) is -3.02. The molecule has 31 nitrogen and oxygen atoms in total. The van der Waals surface area contributed by atoms with E-state index in [2.05, 4.69) is 40.7 Å². The fraction of sp³-hybridized carbons (Fsp3) is 0.954. The van der Waals surface area contributed by atoms with Gasteiger partial charge in [-0.2, -0.15) is 0 Å². The lowest BCUT2D eigenvalue weighted by Gasteiger charge is -2.71. The van der Waals surface area contributed by atoms with Crippen LogP contribution in [0.3, 0.4) is 0 Å². The van der Waals surface area contributed by atoms with Crippen LogP contribution < -0.4 is 0 Å². The maximum Gasteiger partial charge on any atom is 0.315 e. The van der Waals surface area contributed by atoms with Gasteiger partial charge >= 0.3 is 5.97 Å². The van der Waals surface area contributed by atoms with Gasteiger partial charge in [-0.05, 0) is 111 Å². The number of aliphatic hydroxyl groups is 18. The lowest BCUT2D eigenvalue weighted by atomic mass is 9.33. The number of esters is 1. The molecule has 11 aliphatic rings. The van der Waals surface area contributed by atoms with E-state index in [4.69, 9.17) is 56.8 Å². The van der Waals surface area contributed by atoms with Gasteiger partial charge in [0, 0.05) is 5.92 Å². The Morgan fingerprint density at radius 2 is 1.01 bits per heavy atom. The van der Waals surface area contributed by atoms with E-state index in [-0.39, 0.29) is 36.7 Å². The van der Waals surface area contributed by atoms with E-state index in [1.54, 1.807) is 0 Å². The molecule has 11 rings (SSSR count). The van der Waals surface area contributed by atoms with Crippen LogP contribution in [0.5, 0.6) is 0 Å². The zero-order valence-electron chi connectivity index (χ0n) is 55.8. The standard InChI is InChI=1S/C65H106O31/c1-24-35(68)40(73)45(78)54(87-24)94-50-28(21-67)90-53(49(82)44(50)77)85-22-29-38(71)43(76)48(81)57(91-29)96-59(84)65-18-16-60(3,4)52(83)34(65)26-10-11-32-62(7)14-13-33(61(5,6)31(62)12-15-64(32,9)63(26,8)17-19-65)93-58-51(95-55-46(79)41(74)36(69)25(2)88-55)39(72)30(23-86-58)92-56-47(80)42(75)37(70)27(20-66)89-56/h10,24-25,27-58,66-83H,11-23H2,1-9H3/t24-,25-,27+,28+,29+,30-,31-,32+,33-,34+,35-,36-,37+,38+,39-,40+,41+,42-,43-,44+,45+,46+,47+,48+,49+,50+,51+,52-,53+,54-,55-,56-,57-,58-,62-,63+,64+,65-/m0/s1. The molecule has 38 atom stereocenters. The fourth-order valence-electron chi connectivity index (χ4n) is 18.9. The highest BCUT2D eigenvalue weighted by molar-refractivity contribution is 5.79. The number of hydrogen-bond acceptors (Lipinski definition) is 31. The van der Waals surface area contributed by atoms with Crippen molar-refractivity contribution in [2.75, 3.05) is 26.4 Å². The highest BCUT2D eigenvalue weighted by Crippen LogP contribution is 2.76. The quantitative estimate of drug-likeness (QED) is 0.0416. The van der Waals surface area contributed by atoms with Gasteiger partial charge in [-0.15, -0.1) is 0 Å². The molecule has 0 aromatic carbocycles. The summed E-state index contributed by atoms with van der Waals surface area (Å²) in [4.78, 5) is 15.4. The van der Waals surface area contributed by atoms with Crippen LogP contribution in [0, 0.1) is 50.2 Å². The Kier molecular flexibility index (Phi) is 21.9. The zero-order chi connectivity index (χ0) is 70.2. The summed E-state index contributed by atoms with van der Waals surface area (Å²) in [5, 5.41) is 197. The Bertz CT molecular complexity index is 2710. The number of fused-ring (bicyclic) bond motifs is 7. The number of aliphatic hydroxyl groups excluding tert-OH is 18. The van der Waals surface area contributed by atoms with E-state index in [1.165, 1.54) is 13.8 Å². The average molecular weight is 1380 g/mol. The minimum absolute atomic E-state index is 0.0184. The maximum atomic E-state index is 15.4. The molecule has 0 aromatic rings. The lowest BCUT2D eigenvalue weighted by molar-refractivity contribution is -0.380. The van der Waals surface area contributed by atoms with Crippen LogP contribution in [-0.2, 0) is 61.6 Å². The highest BCUT2D eigenvalue weighted by atomic mass is 16.8. The summed E-state index contributed by atoms with van der Waals surface area (Å²) in [6.07, 6.45) is -42.0. The minimum atomic E-state index is -1.98. The predicted octanol–water partition coefficient (Wildman–Crippen LogP) is -4.72. The molecule has 0 amide bonds. The second-order valence-corrected chi connectivity index (χ2v) is 31.4. The van der Waals surface area contributed by atoms with Crippen molar-refractivity contribution < 1.29 is 154 Å². The third kappa shape index (κ3) is 12.6.